The lowest BCUT2D eigenvalue weighted by Gasteiger charge is -2.22. The zero-order chi connectivity index (χ0) is 21.5. The van der Waals surface area contributed by atoms with E-state index in [1.54, 1.807) is 25.3 Å². The smallest absolute Gasteiger partial charge is 0.212 e. The van der Waals surface area contributed by atoms with E-state index in [2.05, 4.69) is 5.32 Å². The molecule has 0 aliphatic carbocycles. The minimum absolute atomic E-state index is 0.00527. The van der Waals surface area contributed by atoms with Crippen LogP contribution in [0.3, 0.4) is 0 Å². The molecule has 0 bridgehead atoms. The van der Waals surface area contributed by atoms with Crippen molar-refractivity contribution in [2.75, 3.05) is 12.4 Å². The molecule has 0 amide bonds. The maximum Gasteiger partial charge on any atom is 0.212 e. The Bertz CT molecular complexity index is 1000. The molecule has 0 aliphatic heterocycles. The number of benzene rings is 2. The maximum absolute atomic E-state index is 9.65. The first kappa shape index (κ1) is 21.4. The van der Waals surface area contributed by atoms with E-state index in [-0.39, 0.29) is 18.1 Å². The lowest BCUT2D eigenvalue weighted by molar-refractivity contribution is 0.280. The van der Waals surface area contributed by atoms with Gasteiger partial charge in [-0.2, -0.15) is 0 Å². The zero-order valence-corrected chi connectivity index (χ0v) is 17.6. The fraction of sp³-hybridized carbons (Fsp3) is 0.174. The SMILES string of the molecule is COc1cc(CO)cc(NC(Oc2cscc2-c2ccccc2)C(=N)/C=C(/C)O)c1. The van der Waals surface area contributed by atoms with Crippen LogP contribution in [0.2, 0.25) is 0 Å². The predicted octanol–water partition coefficient (Wildman–Crippen LogP) is 5.21. The van der Waals surface area contributed by atoms with Crippen LogP contribution in [0.4, 0.5) is 5.69 Å². The van der Waals surface area contributed by atoms with Gasteiger partial charge in [0.2, 0.25) is 6.23 Å². The number of nitrogens with one attached hydrogen (secondary N) is 2. The van der Waals surface area contributed by atoms with Crippen molar-refractivity contribution in [1.29, 1.82) is 5.41 Å². The summed E-state index contributed by atoms with van der Waals surface area (Å²) in [4.78, 5) is 0. The van der Waals surface area contributed by atoms with E-state index < -0.39 is 6.23 Å². The summed E-state index contributed by atoms with van der Waals surface area (Å²) < 4.78 is 11.5. The number of thiophene rings is 1. The standard InChI is InChI=1S/C23H24N2O4S/c1-15(27)8-21(24)23(25-18-9-16(12-26)10-19(11-18)28-2)29-22-14-30-13-20(22)17-6-4-3-5-7-17/h3-11,13-14,23-27H,12H2,1-2H3/b15-8-,24-21?. The van der Waals surface area contributed by atoms with Crippen LogP contribution in [-0.2, 0) is 6.61 Å². The van der Waals surface area contributed by atoms with Gasteiger partial charge in [-0.05, 0) is 30.2 Å². The zero-order valence-electron chi connectivity index (χ0n) is 16.8. The van der Waals surface area contributed by atoms with Crippen LogP contribution in [0, 0.1) is 5.41 Å². The van der Waals surface area contributed by atoms with Gasteiger partial charge in [-0.3, -0.25) is 5.41 Å². The summed E-state index contributed by atoms with van der Waals surface area (Å²) in [5.41, 5.74) is 3.27. The Morgan fingerprint density at radius 3 is 2.63 bits per heavy atom. The maximum atomic E-state index is 9.65. The normalized spacial score (nSPS) is 12.3. The molecule has 1 aromatic heterocycles. The molecule has 3 aromatic rings. The molecule has 1 atom stereocenters. The summed E-state index contributed by atoms with van der Waals surface area (Å²) in [6.45, 7) is 1.36. The van der Waals surface area contributed by atoms with Crippen molar-refractivity contribution >= 4 is 22.7 Å². The fourth-order valence-corrected chi connectivity index (χ4v) is 3.67. The van der Waals surface area contributed by atoms with Crippen LogP contribution in [0.25, 0.3) is 11.1 Å². The molecule has 3 rings (SSSR count). The second-order valence-electron chi connectivity index (χ2n) is 6.63. The predicted molar refractivity (Wildman–Crippen MR) is 121 cm³/mol. The third kappa shape index (κ3) is 5.40. The van der Waals surface area contributed by atoms with E-state index >= 15 is 0 Å². The van der Waals surface area contributed by atoms with Crippen LogP contribution >= 0.6 is 11.3 Å². The first-order chi connectivity index (χ1) is 14.5. The molecule has 0 aliphatic rings. The molecule has 0 radical (unpaired) electrons. The third-order valence-electron chi connectivity index (χ3n) is 4.29. The van der Waals surface area contributed by atoms with Gasteiger partial charge in [0.25, 0.3) is 0 Å². The van der Waals surface area contributed by atoms with Gasteiger partial charge in [0.05, 0.1) is 25.2 Å². The molecular formula is C23H24N2O4S. The van der Waals surface area contributed by atoms with Gasteiger partial charge >= 0.3 is 0 Å². The summed E-state index contributed by atoms with van der Waals surface area (Å²) >= 11 is 1.51. The Hall–Kier alpha value is -3.29. The average molecular weight is 425 g/mol. The van der Waals surface area contributed by atoms with Crippen LogP contribution in [0.5, 0.6) is 11.5 Å². The van der Waals surface area contributed by atoms with Crippen LogP contribution in [-0.4, -0.2) is 29.3 Å². The molecule has 1 unspecified atom stereocenters. The van der Waals surface area contributed by atoms with Crippen LogP contribution in [0.15, 0.2) is 71.1 Å². The van der Waals surface area contributed by atoms with Crippen LogP contribution < -0.4 is 14.8 Å². The van der Waals surface area contributed by atoms with E-state index in [9.17, 15) is 10.2 Å². The van der Waals surface area contributed by atoms with Gasteiger partial charge in [-0.1, -0.05) is 30.3 Å². The highest BCUT2D eigenvalue weighted by Gasteiger charge is 2.19. The highest BCUT2D eigenvalue weighted by molar-refractivity contribution is 7.08. The van der Waals surface area contributed by atoms with Crippen molar-refractivity contribution in [2.45, 2.75) is 19.8 Å². The number of ether oxygens (including phenoxy) is 2. The summed E-state index contributed by atoms with van der Waals surface area (Å²) in [6.07, 6.45) is 0.460. The molecule has 0 fully saturated rings. The molecule has 156 valence electrons. The summed E-state index contributed by atoms with van der Waals surface area (Å²) in [6, 6.07) is 15.1. The number of allylic oxidation sites excluding steroid dienone is 1. The van der Waals surface area contributed by atoms with Crippen molar-refractivity contribution in [3.8, 4) is 22.6 Å². The molecule has 7 heteroatoms. The molecule has 1 heterocycles. The van der Waals surface area contributed by atoms with E-state index in [0.29, 0.717) is 22.7 Å². The summed E-state index contributed by atoms with van der Waals surface area (Å²) in [5, 5.41) is 34.6. The average Bonchev–Trinajstić information content (AvgIpc) is 3.21. The Morgan fingerprint density at radius 1 is 1.20 bits per heavy atom. The molecule has 0 spiro atoms. The Morgan fingerprint density at radius 2 is 1.97 bits per heavy atom. The van der Waals surface area contributed by atoms with Gasteiger partial charge in [-0.15, -0.1) is 11.3 Å². The quantitative estimate of drug-likeness (QED) is 0.215. The first-order valence-corrected chi connectivity index (χ1v) is 10.2. The number of aliphatic hydroxyl groups is 2. The number of hydrogen-bond acceptors (Lipinski definition) is 7. The largest absolute Gasteiger partial charge is 0.513 e. The molecule has 6 nitrogen and oxygen atoms in total. The van der Waals surface area contributed by atoms with E-state index in [0.717, 1.165) is 11.1 Å². The minimum Gasteiger partial charge on any atom is -0.513 e. The van der Waals surface area contributed by atoms with E-state index in [1.807, 2.05) is 41.1 Å². The third-order valence-corrected chi connectivity index (χ3v) is 5.01. The number of rotatable bonds is 9. The molecular weight excluding hydrogens is 400 g/mol. The van der Waals surface area contributed by atoms with Crippen molar-refractivity contribution in [3.63, 3.8) is 0 Å². The number of methoxy groups -OCH3 is 1. The highest BCUT2D eigenvalue weighted by atomic mass is 32.1. The van der Waals surface area contributed by atoms with Gasteiger partial charge in [0.1, 0.15) is 11.5 Å². The Kier molecular flexibility index (Phi) is 7.11. The molecule has 2 aromatic carbocycles. The van der Waals surface area contributed by atoms with Gasteiger partial charge in [0.15, 0.2) is 0 Å². The van der Waals surface area contributed by atoms with Crippen molar-refractivity contribution in [1.82, 2.24) is 0 Å². The second kappa shape index (κ2) is 9.96. The second-order valence-corrected chi connectivity index (χ2v) is 7.37. The lowest BCUT2D eigenvalue weighted by atomic mass is 10.1. The highest BCUT2D eigenvalue weighted by Crippen LogP contribution is 2.34. The lowest BCUT2D eigenvalue weighted by Crippen LogP contribution is -2.34. The monoisotopic (exact) mass is 424 g/mol. The first-order valence-electron chi connectivity index (χ1n) is 9.29. The van der Waals surface area contributed by atoms with Crippen molar-refractivity contribution < 1.29 is 19.7 Å². The van der Waals surface area contributed by atoms with E-state index in [4.69, 9.17) is 14.9 Å². The molecule has 30 heavy (non-hydrogen) atoms. The topological polar surface area (TPSA) is 94.8 Å². The number of anilines is 1. The van der Waals surface area contributed by atoms with Gasteiger partial charge < -0.3 is 25.0 Å². The molecule has 0 saturated heterocycles. The number of hydrogen-bond donors (Lipinski definition) is 4. The van der Waals surface area contributed by atoms with E-state index in [1.165, 1.54) is 24.3 Å². The Labute approximate surface area is 179 Å². The molecule has 4 N–H and O–H groups in total. The van der Waals surface area contributed by atoms with Gasteiger partial charge in [0, 0.05) is 34.2 Å². The van der Waals surface area contributed by atoms with Crippen molar-refractivity contribution in [2.24, 2.45) is 0 Å². The summed E-state index contributed by atoms with van der Waals surface area (Å²) in [7, 11) is 1.55. The van der Waals surface area contributed by atoms with Crippen molar-refractivity contribution in [3.05, 3.63) is 76.7 Å². The fourth-order valence-electron chi connectivity index (χ4n) is 2.91. The number of aliphatic hydroxyl groups excluding tert-OH is 2. The van der Waals surface area contributed by atoms with Crippen LogP contribution in [0.1, 0.15) is 12.5 Å². The minimum atomic E-state index is -0.872. The Balaban J connectivity index is 1.93. The summed E-state index contributed by atoms with van der Waals surface area (Å²) in [5.74, 6) is 1.21. The van der Waals surface area contributed by atoms with Gasteiger partial charge in [-0.25, -0.2) is 0 Å². The molecule has 0 saturated carbocycles.